The second-order valence-corrected chi connectivity index (χ2v) is 3.81. The molecule has 0 bridgehead atoms. The Balaban J connectivity index is 2.64. The van der Waals surface area contributed by atoms with Gasteiger partial charge in [-0.25, -0.2) is 0 Å². The number of rotatable bonds is 2. The molecule has 0 aliphatic heterocycles. The number of thioether (sulfide) groups is 1. The minimum Gasteiger partial charge on any atom is -0.282 e. The fraction of sp³-hybridized carbons (Fsp3) is 0.182. The molecule has 0 spiro atoms. The van der Waals surface area contributed by atoms with Crippen molar-refractivity contribution in [3.8, 4) is 0 Å². The van der Waals surface area contributed by atoms with Crippen LogP contribution in [0.15, 0.2) is 41.3 Å². The van der Waals surface area contributed by atoms with Gasteiger partial charge in [0.2, 0.25) is 5.12 Å². The van der Waals surface area contributed by atoms with Crippen molar-refractivity contribution in [2.75, 3.05) is 0 Å². The van der Waals surface area contributed by atoms with Crippen molar-refractivity contribution in [2.45, 2.75) is 18.7 Å². The van der Waals surface area contributed by atoms with Gasteiger partial charge >= 0.3 is 0 Å². The van der Waals surface area contributed by atoms with Crippen molar-refractivity contribution in [2.24, 2.45) is 0 Å². The zero-order valence-corrected chi connectivity index (χ0v) is 8.60. The van der Waals surface area contributed by atoms with Gasteiger partial charge < -0.3 is 0 Å². The van der Waals surface area contributed by atoms with E-state index in [2.05, 4.69) is 0 Å². The summed E-state index contributed by atoms with van der Waals surface area (Å²) in [5.74, 6) is 0. The molecule has 0 aliphatic carbocycles. The number of hydrogen-bond donors (Lipinski definition) is 0. The van der Waals surface area contributed by atoms with Crippen LogP contribution in [-0.4, -0.2) is 5.12 Å². The molecule has 0 unspecified atom stereocenters. The van der Waals surface area contributed by atoms with Gasteiger partial charge in [-0.15, -0.1) is 0 Å². The van der Waals surface area contributed by atoms with Crippen LogP contribution in [-0.2, 0) is 4.79 Å². The SMILES string of the molecule is CC=CC(=O)Sc1ccc(C)cc1. The van der Waals surface area contributed by atoms with Gasteiger partial charge in [-0.3, -0.25) is 4.79 Å². The van der Waals surface area contributed by atoms with Crippen molar-refractivity contribution in [1.29, 1.82) is 0 Å². The second-order valence-electron chi connectivity index (χ2n) is 2.73. The summed E-state index contributed by atoms with van der Waals surface area (Å²) in [6.07, 6.45) is 3.33. The molecule has 1 aromatic rings. The molecule has 0 aliphatic rings. The van der Waals surface area contributed by atoms with E-state index in [0.717, 1.165) is 4.90 Å². The van der Waals surface area contributed by atoms with E-state index < -0.39 is 0 Å². The number of allylic oxidation sites excluding steroid dienone is 1. The van der Waals surface area contributed by atoms with E-state index in [1.165, 1.54) is 17.3 Å². The van der Waals surface area contributed by atoms with Gasteiger partial charge in [0.25, 0.3) is 0 Å². The molecule has 0 N–H and O–H groups in total. The van der Waals surface area contributed by atoms with Crippen LogP contribution in [0.4, 0.5) is 0 Å². The number of aryl methyl sites for hydroxylation is 1. The van der Waals surface area contributed by atoms with Crippen molar-refractivity contribution in [1.82, 2.24) is 0 Å². The van der Waals surface area contributed by atoms with Gasteiger partial charge in [0.05, 0.1) is 0 Å². The summed E-state index contributed by atoms with van der Waals surface area (Å²) in [6.45, 7) is 3.87. The Morgan fingerprint density at radius 1 is 1.31 bits per heavy atom. The van der Waals surface area contributed by atoms with Gasteiger partial charge in [0.15, 0.2) is 0 Å². The van der Waals surface area contributed by atoms with E-state index >= 15 is 0 Å². The van der Waals surface area contributed by atoms with Crippen LogP contribution in [0.5, 0.6) is 0 Å². The monoisotopic (exact) mass is 192 g/mol. The van der Waals surface area contributed by atoms with E-state index in [1.54, 1.807) is 12.2 Å². The maximum atomic E-state index is 11.2. The average Bonchev–Trinajstić information content (AvgIpc) is 2.09. The largest absolute Gasteiger partial charge is 0.282 e. The third kappa shape index (κ3) is 3.47. The summed E-state index contributed by atoms with van der Waals surface area (Å²) < 4.78 is 0. The predicted octanol–water partition coefficient (Wildman–Crippen LogP) is 3.19. The first-order valence-electron chi connectivity index (χ1n) is 4.13. The third-order valence-corrected chi connectivity index (χ3v) is 2.39. The number of benzene rings is 1. The molecular weight excluding hydrogens is 180 g/mol. The summed E-state index contributed by atoms with van der Waals surface area (Å²) in [4.78, 5) is 12.2. The van der Waals surface area contributed by atoms with Crippen LogP contribution in [0.25, 0.3) is 0 Å². The Kier molecular flexibility index (Phi) is 3.77. The molecular formula is C11H12OS. The first-order chi connectivity index (χ1) is 6.22. The van der Waals surface area contributed by atoms with Gasteiger partial charge in [0, 0.05) is 4.90 Å². The van der Waals surface area contributed by atoms with E-state index in [-0.39, 0.29) is 5.12 Å². The van der Waals surface area contributed by atoms with Crippen molar-refractivity contribution in [3.63, 3.8) is 0 Å². The highest BCUT2D eigenvalue weighted by atomic mass is 32.2. The van der Waals surface area contributed by atoms with E-state index in [9.17, 15) is 4.79 Å². The first kappa shape index (κ1) is 10.1. The summed E-state index contributed by atoms with van der Waals surface area (Å²) in [5, 5.41) is 0.0753. The van der Waals surface area contributed by atoms with Gasteiger partial charge in [-0.2, -0.15) is 0 Å². The highest BCUT2D eigenvalue weighted by Gasteiger charge is 1.98. The average molecular weight is 192 g/mol. The molecule has 0 aromatic heterocycles. The molecule has 0 heterocycles. The second kappa shape index (κ2) is 4.87. The molecule has 0 saturated carbocycles. The standard InChI is InChI=1S/C11H12OS/c1-3-4-11(12)13-10-7-5-9(2)6-8-10/h3-8H,1-2H3. The summed E-state index contributed by atoms with van der Waals surface area (Å²) in [5.41, 5.74) is 1.21. The Labute approximate surface area is 82.9 Å². The maximum absolute atomic E-state index is 11.2. The Morgan fingerprint density at radius 3 is 2.46 bits per heavy atom. The minimum absolute atomic E-state index is 0.0753. The Morgan fingerprint density at radius 2 is 1.92 bits per heavy atom. The number of carbonyl (C=O) groups is 1. The Hall–Kier alpha value is -1.02. The summed E-state index contributed by atoms with van der Waals surface area (Å²) >= 11 is 1.25. The van der Waals surface area contributed by atoms with Crippen LogP contribution < -0.4 is 0 Å². The predicted molar refractivity (Wildman–Crippen MR) is 56.9 cm³/mol. The van der Waals surface area contributed by atoms with Crippen molar-refractivity contribution >= 4 is 16.9 Å². The molecule has 1 rings (SSSR count). The lowest BCUT2D eigenvalue weighted by Crippen LogP contribution is -1.83. The molecule has 0 radical (unpaired) electrons. The minimum atomic E-state index is 0.0753. The van der Waals surface area contributed by atoms with Gasteiger partial charge in [0.1, 0.15) is 0 Å². The topological polar surface area (TPSA) is 17.1 Å². The summed E-state index contributed by atoms with van der Waals surface area (Å²) in [6, 6.07) is 7.93. The lowest BCUT2D eigenvalue weighted by molar-refractivity contribution is -0.107. The molecule has 0 fully saturated rings. The zero-order valence-electron chi connectivity index (χ0n) is 7.78. The molecule has 0 saturated heterocycles. The fourth-order valence-electron chi connectivity index (χ4n) is 0.893. The molecule has 1 nitrogen and oxygen atoms in total. The third-order valence-electron chi connectivity index (χ3n) is 1.54. The molecule has 1 aromatic carbocycles. The first-order valence-corrected chi connectivity index (χ1v) is 4.95. The Bertz CT molecular complexity index is 311. The smallest absolute Gasteiger partial charge is 0.216 e. The van der Waals surface area contributed by atoms with Crippen LogP contribution in [0.2, 0.25) is 0 Å². The maximum Gasteiger partial charge on any atom is 0.216 e. The molecule has 0 atom stereocenters. The lowest BCUT2D eigenvalue weighted by atomic mass is 10.2. The van der Waals surface area contributed by atoms with Crippen molar-refractivity contribution in [3.05, 3.63) is 42.0 Å². The molecule has 13 heavy (non-hydrogen) atoms. The zero-order chi connectivity index (χ0) is 9.68. The normalized spacial score (nSPS) is 10.6. The van der Waals surface area contributed by atoms with E-state index in [4.69, 9.17) is 0 Å². The quantitative estimate of drug-likeness (QED) is 0.528. The van der Waals surface area contributed by atoms with Crippen LogP contribution in [0, 0.1) is 6.92 Å². The van der Waals surface area contributed by atoms with Crippen molar-refractivity contribution < 1.29 is 4.79 Å². The van der Waals surface area contributed by atoms with Crippen LogP contribution in [0.1, 0.15) is 12.5 Å². The van der Waals surface area contributed by atoms with Crippen LogP contribution in [0.3, 0.4) is 0 Å². The van der Waals surface area contributed by atoms with E-state index in [0.29, 0.717) is 0 Å². The molecule has 2 heteroatoms. The lowest BCUT2D eigenvalue weighted by Gasteiger charge is -1.97. The number of hydrogen-bond acceptors (Lipinski definition) is 2. The van der Waals surface area contributed by atoms with Crippen LogP contribution >= 0.6 is 11.8 Å². The fourth-order valence-corrected chi connectivity index (χ4v) is 1.60. The van der Waals surface area contributed by atoms with E-state index in [1.807, 2.05) is 38.1 Å². The highest BCUT2D eigenvalue weighted by molar-refractivity contribution is 8.14. The van der Waals surface area contributed by atoms with Gasteiger partial charge in [-0.1, -0.05) is 23.8 Å². The highest BCUT2D eigenvalue weighted by Crippen LogP contribution is 2.19. The van der Waals surface area contributed by atoms with Gasteiger partial charge in [-0.05, 0) is 43.8 Å². The number of carbonyl (C=O) groups excluding carboxylic acids is 1. The molecule has 68 valence electrons. The summed E-state index contributed by atoms with van der Waals surface area (Å²) in [7, 11) is 0. The molecule has 0 amide bonds.